The summed E-state index contributed by atoms with van der Waals surface area (Å²) < 4.78 is 26.4. The van der Waals surface area contributed by atoms with E-state index in [2.05, 4.69) is 10.3 Å². The molecular formula is C12H10ClF2N3. The third-order valence-corrected chi connectivity index (χ3v) is 2.65. The Bertz CT molecular complexity index is 602. The van der Waals surface area contributed by atoms with Crippen molar-refractivity contribution in [2.45, 2.75) is 6.92 Å². The van der Waals surface area contributed by atoms with E-state index in [-0.39, 0.29) is 11.6 Å². The van der Waals surface area contributed by atoms with Crippen molar-refractivity contribution in [2.24, 2.45) is 0 Å². The molecule has 0 spiro atoms. The first-order valence-corrected chi connectivity index (χ1v) is 5.50. The number of nitrogens with one attached hydrogen (secondary N) is 1. The van der Waals surface area contributed by atoms with E-state index in [9.17, 15) is 8.78 Å². The number of aryl methyl sites for hydroxylation is 1. The summed E-state index contributed by atoms with van der Waals surface area (Å²) in [5.74, 6) is -2.27. The monoisotopic (exact) mass is 269 g/mol. The maximum absolute atomic E-state index is 13.5. The van der Waals surface area contributed by atoms with Crippen LogP contribution in [0.2, 0.25) is 5.02 Å². The van der Waals surface area contributed by atoms with Crippen molar-refractivity contribution in [1.82, 2.24) is 4.98 Å². The maximum atomic E-state index is 13.5. The number of hydrogen-bond donors (Lipinski definition) is 2. The highest BCUT2D eigenvalue weighted by Crippen LogP contribution is 2.27. The van der Waals surface area contributed by atoms with E-state index in [1.54, 1.807) is 18.2 Å². The van der Waals surface area contributed by atoms with Crippen molar-refractivity contribution in [3.8, 4) is 0 Å². The minimum absolute atomic E-state index is 0.167. The predicted molar refractivity (Wildman–Crippen MR) is 68.0 cm³/mol. The van der Waals surface area contributed by atoms with E-state index in [1.165, 1.54) is 0 Å². The van der Waals surface area contributed by atoms with E-state index < -0.39 is 11.6 Å². The maximum Gasteiger partial charge on any atom is 0.169 e. The second-order valence-electron chi connectivity index (χ2n) is 3.79. The molecule has 18 heavy (non-hydrogen) atoms. The molecule has 0 bridgehead atoms. The highest BCUT2D eigenvalue weighted by molar-refractivity contribution is 6.33. The molecule has 0 unspecified atom stereocenters. The van der Waals surface area contributed by atoms with Gasteiger partial charge in [0, 0.05) is 6.07 Å². The molecular weight excluding hydrogens is 260 g/mol. The number of anilines is 3. The molecule has 2 rings (SSSR count). The van der Waals surface area contributed by atoms with Crippen LogP contribution in [0.5, 0.6) is 0 Å². The van der Waals surface area contributed by atoms with Crippen LogP contribution in [0.4, 0.5) is 26.1 Å². The summed E-state index contributed by atoms with van der Waals surface area (Å²) in [4.78, 5) is 3.59. The van der Waals surface area contributed by atoms with Crippen LogP contribution in [0.3, 0.4) is 0 Å². The van der Waals surface area contributed by atoms with Gasteiger partial charge < -0.3 is 11.1 Å². The average Bonchev–Trinajstić information content (AvgIpc) is 2.29. The number of hydrogen-bond acceptors (Lipinski definition) is 3. The third-order valence-electron chi connectivity index (χ3n) is 2.33. The molecule has 3 N–H and O–H groups in total. The minimum Gasteiger partial charge on any atom is -0.381 e. The number of aromatic nitrogens is 1. The Kier molecular flexibility index (Phi) is 3.34. The molecule has 0 aliphatic carbocycles. The standard InChI is InChI=1S/C12H10ClF2N3/c1-6-2-3-10(7(13)4-6)17-12-9(15)5-8(14)11(16)18-12/h2-5H,1H3,(H3,16,17,18). The number of nitrogens with zero attached hydrogens (tertiary/aromatic N) is 1. The van der Waals surface area contributed by atoms with Gasteiger partial charge in [-0.05, 0) is 24.6 Å². The summed E-state index contributed by atoms with van der Waals surface area (Å²) in [6.45, 7) is 1.88. The van der Waals surface area contributed by atoms with Crippen LogP contribution in [0.25, 0.3) is 0 Å². The van der Waals surface area contributed by atoms with Gasteiger partial charge in [0.1, 0.15) is 0 Å². The van der Waals surface area contributed by atoms with Gasteiger partial charge in [-0.3, -0.25) is 0 Å². The van der Waals surface area contributed by atoms with Gasteiger partial charge in [0.2, 0.25) is 0 Å². The Hall–Kier alpha value is -1.88. The second kappa shape index (κ2) is 4.78. The van der Waals surface area contributed by atoms with Gasteiger partial charge >= 0.3 is 0 Å². The number of rotatable bonds is 2. The summed E-state index contributed by atoms with van der Waals surface area (Å²) in [5, 5.41) is 3.09. The number of pyridine rings is 1. The van der Waals surface area contributed by atoms with Crippen LogP contribution >= 0.6 is 11.6 Å². The molecule has 0 saturated carbocycles. The first-order chi connectivity index (χ1) is 8.47. The SMILES string of the molecule is Cc1ccc(Nc2nc(N)c(F)cc2F)c(Cl)c1. The van der Waals surface area contributed by atoms with Gasteiger partial charge in [-0.25, -0.2) is 13.8 Å². The lowest BCUT2D eigenvalue weighted by Gasteiger charge is -2.10. The van der Waals surface area contributed by atoms with E-state index in [1.807, 2.05) is 6.92 Å². The minimum atomic E-state index is -0.895. The molecule has 0 amide bonds. The molecule has 0 aliphatic rings. The van der Waals surface area contributed by atoms with Gasteiger partial charge in [0.15, 0.2) is 23.3 Å². The third kappa shape index (κ3) is 2.51. The molecule has 3 nitrogen and oxygen atoms in total. The van der Waals surface area contributed by atoms with E-state index in [0.29, 0.717) is 16.8 Å². The van der Waals surface area contributed by atoms with Gasteiger partial charge in [0.25, 0.3) is 0 Å². The zero-order valence-electron chi connectivity index (χ0n) is 9.47. The average molecular weight is 270 g/mol. The largest absolute Gasteiger partial charge is 0.381 e. The van der Waals surface area contributed by atoms with Gasteiger partial charge in [-0.1, -0.05) is 17.7 Å². The van der Waals surface area contributed by atoms with Crippen LogP contribution in [0, 0.1) is 18.6 Å². The Morgan fingerprint density at radius 2 is 1.94 bits per heavy atom. The number of nitrogens with two attached hydrogens (primary N) is 1. The summed E-state index contributed by atoms with van der Waals surface area (Å²) in [6, 6.07) is 5.87. The lowest BCUT2D eigenvalue weighted by atomic mass is 10.2. The summed E-state index contributed by atoms with van der Waals surface area (Å²) in [6.07, 6.45) is 0. The summed E-state index contributed by atoms with van der Waals surface area (Å²) in [7, 11) is 0. The lowest BCUT2D eigenvalue weighted by Crippen LogP contribution is -2.03. The van der Waals surface area contributed by atoms with Crippen LogP contribution in [0.1, 0.15) is 5.56 Å². The Balaban J connectivity index is 2.37. The molecule has 1 aromatic carbocycles. The van der Waals surface area contributed by atoms with Gasteiger partial charge in [-0.2, -0.15) is 0 Å². The summed E-state index contributed by atoms with van der Waals surface area (Å²) in [5.41, 5.74) is 6.72. The smallest absolute Gasteiger partial charge is 0.169 e. The van der Waals surface area contributed by atoms with Crippen molar-refractivity contribution in [3.05, 3.63) is 46.5 Å². The quantitative estimate of drug-likeness (QED) is 0.875. The molecule has 0 atom stereocenters. The number of halogens is 3. The Morgan fingerprint density at radius 1 is 1.22 bits per heavy atom. The topological polar surface area (TPSA) is 50.9 Å². The first-order valence-electron chi connectivity index (χ1n) is 5.12. The highest BCUT2D eigenvalue weighted by Gasteiger charge is 2.11. The van der Waals surface area contributed by atoms with Crippen molar-refractivity contribution in [3.63, 3.8) is 0 Å². The van der Waals surface area contributed by atoms with E-state index in [4.69, 9.17) is 17.3 Å². The molecule has 0 radical (unpaired) electrons. The Labute approximate surface area is 108 Å². The fraction of sp³-hybridized carbons (Fsp3) is 0.0833. The molecule has 1 heterocycles. The van der Waals surface area contributed by atoms with Crippen molar-refractivity contribution in [1.29, 1.82) is 0 Å². The van der Waals surface area contributed by atoms with Crippen molar-refractivity contribution in [2.75, 3.05) is 11.1 Å². The second-order valence-corrected chi connectivity index (χ2v) is 4.20. The molecule has 2 aromatic rings. The van der Waals surface area contributed by atoms with E-state index >= 15 is 0 Å². The number of nitrogen functional groups attached to an aromatic ring is 1. The predicted octanol–water partition coefficient (Wildman–Crippen LogP) is 3.65. The number of benzene rings is 1. The van der Waals surface area contributed by atoms with Crippen LogP contribution in [-0.2, 0) is 0 Å². The zero-order chi connectivity index (χ0) is 13.3. The van der Waals surface area contributed by atoms with Crippen LogP contribution in [0.15, 0.2) is 24.3 Å². The summed E-state index contributed by atoms with van der Waals surface area (Å²) >= 11 is 5.98. The molecule has 0 saturated heterocycles. The van der Waals surface area contributed by atoms with Crippen molar-refractivity contribution >= 4 is 28.9 Å². The zero-order valence-corrected chi connectivity index (χ0v) is 10.2. The first kappa shape index (κ1) is 12.6. The normalized spacial score (nSPS) is 10.4. The van der Waals surface area contributed by atoms with Gasteiger partial charge in [0.05, 0.1) is 10.7 Å². The Morgan fingerprint density at radius 3 is 2.61 bits per heavy atom. The fourth-order valence-electron chi connectivity index (χ4n) is 1.42. The molecule has 0 aliphatic heterocycles. The highest BCUT2D eigenvalue weighted by atomic mass is 35.5. The molecule has 0 fully saturated rings. The molecule has 94 valence electrons. The fourth-order valence-corrected chi connectivity index (χ4v) is 1.70. The van der Waals surface area contributed by atoms with Crippen LogP contribution in [-0.4, -0.2) is 4.98 Å². The molecule has 1 aromatic heterocycles. The van der Waals surface area contributed by atoms with E-state index in [0.717, 1.165) is 5.56 Å². The lowest BCUT2D eigenvalue weighted by molar-refractivity contribution is 0.581. The molecule has 6 heteroatoms. The van der Waals surface area contributed by atoms with Gasteiger partial charge in [-0.15, -0.1) is 0 Å². The van der Waals surface area contributed by atoms with Crippen molar-refractivity contribution < 1.29 is 8.78 Å². The van der Waals surface area contributed by atoms with Crippen LogP contribution < -0.4 is 11.1 Å².